The molecule has 9 heteroatoms. The maximum absolute atomic E-state index is 12.9. The number of likely N-dealkylation sites (tertiary alicyclic amines) is 1. The molecule has 164 valence electrons. The van der Waals surface area contributed by atoms with E-state index in [1.165, 1.54) is 0 Å². The molecule has 0 spiro atoms. The molecule has 0 unspecified atom stereocenters. The Labute approximate surface area is 186 Å². The summed E-state index contributed by atoms with van der Waals surface area (Å²) in [6.45, 7) is 5.44. The molecular weight excluding hydrogens is 404 g/mol. The Morgan fingerprint density at radius 1 is 1.12 bits per heavy atom. The second kappa shape index (κ2) is 8.58. The van der Waals surface area contributed by atoms with Crippen LogP contribution in [-0.4, -0.2) is 65.1 Å². The largest absolute Gasteiger partial charge is 0.303 e. The fourth-order valence-corrected chi connectivity index (χ4v) is 4.21. The second-order valence-corrected chi connectivity index (χ2v) is 8.32. The van der Waals surface area contributed by atoms with Gasteiger partial charge in [0, 0.05) is 37.9 Å². The van der Waals surface area contributed by atoms with Crippen molar-refractivity contribution < 1.29 is 4.79 Å². The Hall–Kier alpha value is -3.46. The van der Waals surface area contributed by atoms with E-state index < -0.39 is 0 Å². The predicted molar refractivity (Wildman–Crippen MR) is 120 cm³/mol. The van der Waals surface area contributed by atoms with E-state index in [9.17, 15) is 4.79 Å². The number of nitrogens with zero attached hydrogens (tertiary/aromatic N) is 8. The molecule has 0 radical (unpaired) electrons. The molecule has 0 N–H and O–H groups in total. The van der Waals surface area contributed by atoms with E-state index in [-0.39, 0.29) is 12.2 Å². The summed E-state index contributed by atoms with van der Waals surface area (Å²) in [6, 6.07) is 6.09. The van der Waals surface area contributed by atoms with Gasteiger partial charge >= 0.3 is 0 Å². The molecule has 5 rings (SSSR count). The number of aromatic nitrogens is 7. The average Bonchev–Trinajstić information content (AvgIpc) is 3.48. The first-order valence-corrected chi connectivity index (χ1v) is 11.0. The van der Waals surface area contributed by atoms with Crippen molar-refractivity contribution in [1.82, 2.24) is 39.6 Å². The van der Waals surface area contributed by atoms with Crippen molar-refractivity contribution in [1.29, 1.82) is 0 Å². The third-order valence-electron chi connectivity index (χ3n) is 6.14. The van der Waals surface area contributed by atoms with Gasteiger partial charge in [0.05, 0.1) is 47.3 Å². The summed E-state index contributed by atoms with van der Waals surface area (Å²) in [5, 5.41) is 13.5. The van der Waals surface area contributed by atoms with E-state index in [4.69, 9.17) is 4.98 Å². The Morgan fingerprint density at radius 3 is 2.72 bits per heavy atom. The van der Waals surface area contributed by atoms with Crippen LogP contribution in [0, 0.1) is 0 Å². The first-order valence-electron chi connectivity index (χ1n) is 11.0. The summed E-state index contributed by atoms with van der Waals surface area (Å²) in [7, 11) is 1.82. The fourth-order valence-electron chi connectivity index (χ4n) is 4.21. The van der Waals surface area contributed by atoms with Gasteiger partial charge in [-0.15, -0.1) is 5.10 Å². The number of hydrogen-bond donors (Lipinski definition) is 0. The van der Waals surface area contributed by atoms with Crippen LogP contribution in [0.5, 0.6) is 0 Å². The van der Waals surface area contributed by atoms with Crippen LogP contribution in [0.2, 0.25) is 0 Å². The Bertz CT molecular complexity index is 1250. The lowest BCUT2D eigenvalue weighted by atomic mass is 10.1. The van der Waals surface area contributed by atoms with Gasteiger partial charge in [0.25, 0.3) is 0 Å². The summed E-state index contributed by atoms with van der Waals surface area (Å²) < 4.78 is 3.61. The fraction of sp³-hybridized carbons (Fsp3) is 0.391. The zero-order valence-electron chi connectivity index (χ0n) is 18.3. The molecule has 1 aliphatic heterocycles. The van der Waals surface area contributed by atoms with Crippen molar-refractivity contribution in [2.24, 2.45) is 7.05 Å². The summed E-state index contributed by atoms with van der Waals surface area (Å²) in [5.74, 6) is 0.0131. The Morgan fingerprint density at radius 2 is 1.97 bits per heavy atom. The summed E-state index contributed by atoms with van der Waals surface area (Å²) >= 11 is 0. The van der Waals surface area contributed by atoms with Crippen LogP contribution in [0.3, 0.4) is 0 Å². The molecule has 4 aromatic heterocycles. The molecule has 9 nitrogen and oxygen atoms in total. The van der Waals surface area contributed by atoms with Gasteiger partial charge in [-0.2, -0.15) is 5.10 Å². The van der Waals surface area contributed by atoms with Crippen molar-refractivity contribution in [3.63, 3.8) is 0 Å². The average molecular weight is 431 g/mol. The zero-order valence-corrected chi connectivity index (χ0v) is 18.3. The quantitative estimate of drug-likeness (QED) is 0.434. The number of piperidine rings is 1. The van der Waals surface area contributed by atoms with Crippen molar-refractivity contribution >= 4 is 16.7 Å². The van der Waals surface area contributed by atoms with Gasteiger partial charge in [-0.05, 0) is 37.6 Å². The maximum Gasteiger partial charge on any atom is 0.171 e. The highest BCUT2D eigenvalue weighted by atomic mass is 16.1. The minimum Gasteiger partial charge on any atom is -0.303 e. The van der Waals surface area contributed by atoms with Crippen molar-refractivity contribution in [3.8, 4) is 11.4 Å². The Kier molecular flexibility index (Phi) is 5.48. The van der Waals surface area contributed by atoms with Gasteiger partial charge in [-0.3, -0.25) is 19.1 Å². The lowest BCUT2D eigenvalue weighted by Crippen LogP contribution is -2.34. The van der Waals surface area contributed by atoms with Crippen LogP contribution in [0.25, 0.3) is 22.3 Å². The molecular formula is C23H26N8O. The summed E-state index contributed by atoms with van der Waals surface area (Å²) in [4.78, 5) is 24.5. The number of carbonyl (C=O) groups excluding carboxylic acids is 1. The number of pyridine rings is 2. The normalized spacial score (nSPS) is 15.4. The first kappa shape index (κ1) is 20.4. The summed E-state index contributed by atoms with van der Waals surface area (Å²) in [6.07, 6.45) is 9.50. The number of ketones is 1. The predicted octanol–water partition coefficient (Wildman–Crippen LogP) is 2.70. The van der Waals surface area contributed by atoms with Crippen LogP contribution >= 0.6 is 0 Å². The highest BCUT2D eigenvalue weighted by molar-refractivity contribution is 5.97. The van der Waals surface area contributed by atoms with Crippen molar-refractivity contribution in [3.05, 3.63) is 54.2 Å². The molecule has 0 saturated carbocycles. The maximum atomic E-state index is 12.9. The first-order chi connectivity index (χ1) is 15.6. The lowest BCUT2D eigenvalue weighted by molar-refractivity contribution is 0.0991. The molecule has 0 aliphatic carbocycles. The standard InChI is InChI=1S/C23H26N8O/c1-3-30-8-6-19(7-9-30)31-14-17(13-25-31)23(32)11-18-10-21-16(12-24-18)4-5-20(26-21)22-15-29(2)28-27-22/h4-5,10,12-15,19H,3,6-9,11H2,1-2H3. The molecule has 0 amide bonds. The number of carbonyl (C=O) groups is 1. The minimum atomic E-state index is 0.0131. The van der Waals surface area contributed by atoms with E-state index in [1.54, 1.807) is 17.1 Å². The number of fused-ring (bicyclic) bond motifs is 1. The second-order valence-electron chi connectivity index (χ2n) is 8.32. The lowest BCUT2D eigenvalue weighted by Gasteiger charge is -2.31. The third-order valence-corrected chi connectivity index (χ3v) is 6.14. The van der Waals surface area contributed by atoms with Crippen LogP contribution in [0.15, 0.2) is 43.0 Å². The van der Waals surface area contributed by atoms with E-state index in [0.29, 0.717) is 23.0 Å². The molecule has 4 aromatic rings. The molecule has 32 heavy (non-hydrogen) atoms. The van der Waals surface area contributed by atoms with Crippen molar-refractivity contribution in [2.75, 3.05) is 19.6 Å². The van der Waals surface area contributed by atoms with Crippen LogP contribution in [0.4, 0.5) is 0 Å². The smallest absolute Gasteiger partial charge is 0.171 e. The number of Topliss-reactive ketones (excluding diaryl/α,β-unsaturated/α-hetero) is 1. The molecule has 5 heterocycles. The van der Waals surface area contributed by atoms with Crippen molar-refractivity contribution in [2.45, 2.75) is 32.2 Å². The van der Waals surface area contributed by atoms with E-state index in [2.05, 4.69) is 32.2 Å². The number of aryl methyl sites for hydroxylation is 1. The molecule has 1 fully saturated rings. The third kappa shape index (κ3) is 4.16. The molecule has 0 bridgehead atoms. The molecule has 0 atom stereocenters. The van der Waals surface area contributed by atoms with E-state index in [0.717, 1.165) is 49.1 Å². The SMILES string of the molecule is CCN1CCC(n2cc(C(=O)Cc3cc4nc(-c5cn(C)nn5)ccc4cn3)cn2)CC1. The zero-order chi connectivity index (χ0) is 22.1. The minimum absolute atomic E-state index is 0.0131. The van der Waals surface area contributed by atoms with Crippen LogP contribution in [-0.2, 0) is 13.5 Å². The highest BCUT2D eigenvalue weighted by Crippen LogP contribution is 2.23. The van der Waals surface area contributed by atoms with Crippen LogP contribution < -0.4 is 0 Å². The van der Waals surface area contributed by atoms with Gasteiger partial charge in [0.15, 0.2) is 5.78 Å². The Balaban J connectivity index is 1.31. The molecule has 1 saturated heterocycles. The van der Waals surface area contributed by atoms with Gasteiger partial charge < -0.3 is 4.90 Å². The number of rotatable bonds is 6. The van der Waals surface area contributed by atoms with E-state index >= 15 is 0 Å². The monoisotopic (exact) mass is 430 g/mol. The van der Waals surface area contributed by atoms with E-state index in [1.807, 2.05) is 42.3 Å². The molecule has 0 aromatic carbocycles. The van der Waals surface area contributed by atoms with Gasteiger partial charge in [-0.1, -0.05) is 12.1 Å². The summed E-state index contributed by atoms with van der Waals surface area (Å²) in [5.41, 5.74) is 3.55. The highest BCUT2D eigenvalue weighted by Gasteiger charge is 2.21. The molecule has 1 aliphatic rings. The van der Waals surface area contributed by atoms with Crippen LogP contribution in [0.1, 0.15) is 41.9 Å². The van der Waals surface area contributed by atoms with Gasteiger partial charge in [0.2, 0.25) is 0 Å². The van der Waals surface area contributed by atoms with Gasteiger partial charge in [-0.25, -0.2) is 4.98 Å². The topological polar surface area (TPSA) is 94.6 Å². The van der Waals surface area contributed by atoms with Gasteiger partial charge in [0.1, 0.15) is 5.69 Å². The number of hydrogen-bond acceptors (Lipinski definition) is 7.